The molecule has 0 spiro atoms. The minimum atomic E-state index is -0.846. The van der Waals surface area contributed by atoms with E-state index in [-0.39, 0.29) is 24.5 Å². The lowest BCUT2D eigenvalue weighted by Crippen LogP contribution is -2.19. The van der Waals surface area contributed by atoms with E-state index in [9.17, 15) is 19.8 Å². The van der Waals surface area contributed by atoms with Gasteiger partial charge in [-0.05, 0) is 32.1 Å². The number of ketones is 1. The van der Waals surface area contributed by atoms with Gasteiger partial charge in [0.25, 0.3) is 0 Å². The van der Waals surface area contributed by atoms with Gasteiger partial charge in [0.05, 0.1) is 12.2 Å². The molecule has 0 aliphatic heterocycles. The number of carboxylic acid groups (broad SMARTS) is 1. The zero-order valence-corrected chi connectivity index (χ0v) is 16.0. The zero-order chi connectivity index (χ0) is 20.1. The van der Waals surface area contributed by atoms with Gasteiger partial charge in [-0.25, -0.2) is 0 Å². The number of aliphatic carboxylic acids is 1. The quantitative estimate of drug-likeness (QED) is 0.453. The van der Waals surface area contributed by atoms with Gasteiger partial charge in [-0.15, -0.1) is 0 Å². The van der Waals surface area contributed by atoms with E-state index >= 15 is 0 Å². The van der Waals surface area contributed by atoms with Crippen LogP contribution in [0.1, 0.15) is 51.9 Å². The first-order valence-corrected chi connectivity index (χ1v) is 9.69. The molecule has 0 radical (unpaired) electrons. The lowest BCUT2D eigenvalue weighted by atomic mass is 9.90. The van der Waals surface area contributed by atoms with Crippen molar-refractivity contribution in [3.63, 3.8) is 0 Å². The van der Waals surface area contributed by atoms with Crippen LogP contribution in [0.15, 0.2) is 48.6 Å². The highest BCUT2D eigenvalue weighted by Gasteiger charge is 2.39. The molecule has 1 rings (SSSR count). The van der Waals surface area contributed by atoms with Crippen molar-refractivity contribution in [2.75, 3.05) is 0 Å². The summed E-state index contributed by atoms with van der Waals surface area (Å²) in [6.45, 7) is 2.08. The number of aliphatic hydroxyl groups excluding tert-OH is 2. The van der Waals surface area contributed by atoms with Crippen molar-refractivity contribution in [2.45, 2.75) is 64.1 Å². The van der Waals surface area contributed by atoms with E-state index in [2.05, 4.69) is 19.1 Å². The smallest absolute Gasteiger partial charge is 0.303 e. The van der Waals surface area contributed by atoms with Gasteiger partial charge in [-0.2, -0.15) is 0 Å². The molecule has 0 aromatic heterocycles. The second-order valence-corrected chi connectivity index (χ2v) is 6.84. The summed E-state index contributed by atoms with van der Waals surface area (Å²) in [4.78, 5) is 22.6. The summed E-state index contributed by atoms with van der Waals surface area (Å²) in [5.41, 5.74) is 0. The molecule has 4 atom stereocenters. The molecule has 0 bridgehead atoms. The molecule has 3 N–H and O–H groups in total. The molecule has 0 heterocycles. The summed E-state index contributed by atoms with van der Waals surface area (Å²) in [6, 6.07) is 0. The van der Waals surface area contributed by atoms with Gasteiger partial charge in [-0.3, -0.25) is 9.59 Å². The third-order valence-corrected chi connectivity index (χ3v) is 4.60. The summed E-state index contributed by atoms with van der Waals surface area (Å²) < 4.78 is 0. The Kier molecular flexibility index (Phi) is 11.3. The monoisotopic (exact) mass is 376 g/mol. The third kappa shape index (κ3) is 9.50. The Labute approximate surface area is 161 Å². The fourth-order valence-corrected chi connectivity index (χ4v) is 3.10. The SMILES string of the molecule is CC/C=C\C/C=C\C[C@H](O)/C=C/[C@@H]1C(=O)C[C@H](O)[C@@H]1C/C=C\CCC(=O)O. The van der Waals surface area contributed by atoms with Crippen LogP contribution in [-0.2, 0) is 9.59 Å². The van der Waals surface area contributed by atoms with E-state index in [0.29, 0.717) is 19.3 Å². The molecule has 0 unspecified atom stereocenters. The summed E-state index contributed by atoms with van der Waals surface area (Å²) in [5.74, 6) is -1.50. The molecule has 5 heteroatoms. The van der Waals surface area contributed by atoms with Crippen LogP contribution in [0.4, 0.5) is 0 Å². The van der Waals surface area contributed by atoms with Crippen molar-refractivity contribution < 1.29 is 24.9 Å². The third-order valence-electron chi connectivity index (χ3n) is 4.60. The number of hydrogen-bond donors (Lipinski definition) is 3. The van der Waals surface area contributed by atoms with Gasteiger partial charge in [-0.1, -0.05) is 55.5 Å². The number of carboxylic acids is 1. The zero-order valence-electron chi connectivity index (χ0n) is 16.0. The van der Waals surface area contributed by atoms with E-state index in [4.69, 9.17) is 5.11 Å². The van der Waals surface area contributed by atoms with Crippen molar-refractivity contribution in [3.8, 4) is 0 Å². The van der Waals surface area contributed by atoms with Crippen LogP contribution in [0.3, 0.4) is 0 Å². The molecule has 1 saturated carbocycles. The van der Waals surface area contributed by atoms with Gasteiger partial charge in [0.1, 0.15) is 5.78 Å². The molecule has 27 heavy (non-hydrogen) atoms. The Balaban J connectivity index is 2.50. The molecule has 0 aromatic rings. The molecule has 0 amide bonds. The summed E-state index contributed by atoms with van der Waals surface area (Å²) in [7, 11) is 0. The normalized spacial score (nSPS) is 24.9. The highest BCUT2D eigenvalue weighted by atomic mass is 16.4. The van der Waals surface area contributed by atoms with Crippen molar-refractivity contribution in [1.82, 2.24) is 0 Å². The Hall–Kier alpha value is -1.98. The molecule has 1 aliphatic carbocycles. The van der Waals surface area contributed by atoms with Crippen LogP contribution in [0.5, 0.6) is 0 Å². The maximum Gasteiger partial charge on any atom is 0.303 e. The van der Waals surface area contributed by atoms with Crippen LogP contribution in [-0.4, -0.2) is 39.3 Å². The molecular formula is C22H32O5. The van der Waals surface area contributed by atoms with E-state index in [0.717, 1.165) is 12.8 Å². The molecule has 150 valence electrons. The van der Waals surface area contributed by atoms with Gasteiger partial charge >= 0.3 is 5.97 Å². The highest BCUT2D eigenvalue weighted by Crippen LogP contribution is 2.33. The largest absolute Gasteiger partial charge is 0.481 e. The van der Waals surface area contributed by atoms with Gasteiger partial charge < -0.3 is 15.3 Å². The molecule has 0 saturated heterocycles. The first-order chi connectivity index (χ1) is 13.0. The minimum Gasteiger partial charge on any atom is -0.481 e. The lowest BCUT2D eigenvalue weighted by molar-refractivity contribution is -0.136. The van der Waals surface area contributed by atoms with Crippen LogP contribution in [0, 0.1) is 11.8 Å². The molecular weight excluding hydrogens is 344 g/mol. The maximum absolute atomic E-state index is 12.1. The van der Waals surface area contributed by atoms with Crippen LogP contribution in [0.25, 0.3) is 0 Å². The van der Waals surface area contributed by atoms with E-state index in [1.54, 1.807) is 18.2 Å². The second-order valence-electron chi connectivity index (χ2n) is 6.84. The molecule has 0 aromatic carbocycles. The van der Waals surface area contributed by atoms with Crippen LogP contribution >= 0.6 is 0 Å². The van der Waals surface area contributed by atoms with E-state index in [1.165, 1.54) is 0 Å². The Morgan fingerprint density at radius 2 is 1.93 bits per heavy atom. The van der Waals surface area contributed by atoms with Gasteiger partial charge in [0.15, 0.2) is 0 Å². The lowest BCUT2D eigenvalue weighted by Gasteiger charge is -2.16. The first kappa shape index (κ1) is 23.1. The standard InChI is InChI=1S/C22H32O5/c1-2-3-4-5-6-8-11-17(23)14-15-19-18(20(24)16-21(19)25)12-9-7-10-13-22(26)27/h3-4,6-9,14-15,17-20,23-24H,2,5,10-13,16H2,1H3,(H,26,27)/b4-3-,8-6-,9-7-,15-14+/t17-,18+,19-,20-/m0/s1. The fraction of sp³-hybridized carbons (Fsp3) is 0.545. The molecule has 1 aliphatic rings. The fourth-order valence-electron chi connectivity index (χ4n) is 3.10. The average molecular weight is 376 g/mol. The van der Waals surface area contributed by atoms with E-state index < -0.39 is 24.1 Å². The summed E-state index contributed by atoms with van der Waals surface area (Å²) in [5, 5.41) is 28.8. The summed E-state index contributed by atoms with van der Waals surface area (Å²) >= 11 is 0. The van der Waals surface area contributed by atoms with E-state index in [1.807, 2.05) is 18.2 Å². The van der Waals surface area contributed by atoms with Crippen LogP contribution < -0.4 is 0 Å². The number of Topliss-reactive ketones (excluding diaryl/α,β-unsaturated/α-hetero) is 1. The molecule has 5 nitrogen and oxygen atoms in total. The van der Waals surface area contributed by atoms with Crippen LogP contribution in [0.2, 0.25) is 0 Å². The van der Waals surface area contributed by atoms with Crippen molar-refractivity contribution in [1.29, 1.82) is 0 Å². The van der Waals surface area contributed by atoms with Gasteiger partial charge in [0.2, 0.25) is 0 Å². The van der Waals surface area contributed by atoms with Crippen molar-refractivity contribution in [3.05, 3.63) is 48.6 Å². The number of rotatable bonds is 12. The number of carbonyl (C=O) groups is 2. The predicted molar refractivity (Wildman–Crippen MR) is 106 cm³/mol. The average Bonchev–Trinajstić information content (AvgIpc) is 2.88. The van der Waals surface area contributed by atoms with Gasteiger partial charge in [0, 0.05) is 24.7 Å². The number of carbonyl (C=O) groups excluding carboxylic acids is 1. The Bertz CT molecular complexity index is 573. The topological polar surface area (TPSA) is 94.8 Å². The summed E-state index contributed by atoms with van der Waals surface area (Å²) in [6.07, 6.45) is 17.2. The number of aliphatic hydroxyl groups is 2. The Morgan fingerprint density at radius 3 is 2.63 bits per heavy atom. The second kappa shape index (κ2) is 13.2. The predicted octanol–water partition coefficient (Wildman–Crippen LogP) is 3.58. The maximum atomic E-state index is 12.1. The van der Waals surface area contributed by atoms with Crippen molar-refractivity contribution >= 4 is 11.8 Å². The Morgan fingerprint density at radius 1 is 1.19 bits per heavy atom. The highest BCUT2D eigenvalue weighted by molar-refractivity contribution is 5.86. The minimum absolute atomic E-state index is 0.0184. The number of allylic oxidation sites excluding steroid dienone is 6. The first-order valence-electron chi connectivity index (χ1n) is 9.69. The van der Waals surface area contributed by atoms with Crippen molar-refractivity contribution in [2.24, 2.45) is 11.8 Å². The molecule has 1 fully saturated rings. The number of hydrogen-bond acceptors (Lipinski definition) is 4.